The highest BCUT2D eigenvalue weighted by atomic mass is 16.1. The summed E-state index contributed by atoms with van der Waals surface area (Å²) in [5.41, 5.74) is 3.47. The Balaban J connectivity index is 2.28. The minimum atomic E-state index is 0.376. The fraction of sp³-hybridized carbons (Fsp3) is 0.625. The minimum absolute atomic E-state index is 0.376. The molecule has 3 nitrogen and oxygen atoms in total. The third-order valence-electron chi connectivity index (χ3n) is 3.68. The molecule has 0 atom stereocenters. The summed E-state index contributed by atoms with van der Waals surface area (Å²) in [6.07, 6.45) is 8.48. The van der Waals surface area contributed by atoms with Crippen molar-refractivity contribution in [1.29, 1.82) is 0 Å². The summed E-state index contributed by atoms with van der Waals surface area (Å²) < 4.78 is 1.89. The van der Waals surface area contributed by atoms with Gasteiger partial charge in [0.2, 0.25) is 0 Å². The van der Waals surface area contributed by atoms with Crippen molar-refractivity contribution in [3.8, 4) is 0 Å². The number of carbonyl (C=O) groups is 1. The fourth-order valence-corrected chi connectivity index (χ4v) is 2.36. The van der Waals surface area contributed by atoms with Crippen LogP contribution < -0.4 is 0 Å². The van der Waals surface area contributed by atoms with Gasteiger partial charge in [-0.15, -0.1) is 6.58 Å². The summed E-state index contributed by atoms with van der Waals surface area (Å²) in [7, 11) is 1.95. The summed E-state index contributed by atoms with van der Waals surface area (Å²) in [5.74, 6) is 0.376. The first kappa shape index (κ1) is 15.7. The summed E-state index contributed by atoms with van der Waals surface area (Å²) in [6.45, 7) is 7.78. The molecular formula is C16H26N2O. The van der Waals surface area contributed by atoms with Crippen LogP contribution in [0.2, 0.25) is 0 Å². The smallest absolute Gasteiger partial charge is 0.133 e. The van der Waals surface area contributed by atoms with Crippen LogP contribution in [0.4, 0.5) is 0 Å². The lowest BCUT2D eigenvalue weighted by Gasteiger charge is -2.02. The van der Waals surface area contributed by atoms with E-state index >= 15 is 0 Å². The molecule has 1 heterocycles. The average molecular weight is 262 g/mol. The van der Waals surface area contributed by atoms with Crippen LogP contribution in [0.5, 0.6) is 0 Å². The molecule has 0 aliphatic carbocycles. The lowest BCUT2D eigenvalue weighted by Crippen LogP contribution is -2.02. The molecule has 106 valence electrons. The molecule has 0 bridgehead atoms. The molecule has 0 spiro atoms. The van der Waals surface area contributed by atoms with E-state index in [1.54, 1.807) is 0 Å². The Labute approximate surface area is 116 Å². The van der Waals surface area contributed by atoms with Gasteiger partial charge in [-0.3, -0.25) is 9.48 Å². The molecule has 0 aromatic carbocycles. The van der Waals surface area contributed by atoms with E-state index in [0.717, 1.165) is 44.2 Å². The molecule has 3 heteroatoms. The number of nitrogens with zero attached hydrogens (tertiary/aromatic N) is 2. The lowest BCUT2D eigenvalue weighted by atomic mass is 10.0. The highest BCUT2D eigenvalue weighted by Crippen LogP contribution is 2.15. The standard InChI is InChI=1S/C16H26N2O/c1-5-6-7-8-9-10-15(19)11-12-16-13(2)17-18(4)14(16)3/h5H,1,6-12H2,2-4H3. The number of allylic oxidation sites excluding steroid dienone is 1. The van der Waals surface area contributed by atoms with Crippen LogP contribution in [0, 0.1) is 13.8 Å². The molecule has 0 fully saturated rings. The molecular weight excluding hydrogens is 236 g/mol. The van der Waals surface area contributed by atoms with Crippen LogP contribution in [0.25, 0.3) is 0 Å². The van der Waals surface area contributed by atoms with Gasteiger partial charge in [0.1, 0.15) is 5.78 Å². The molecule has 0 radical (unpaired) electrons. The van der Waals surface area contributed by atoms with Gasteiger partial charge in [0.15, 0.2) is 0 Å². The van der Waals surface area contributed by atoms with E-state index in [-0.39, 0.29) is 0 Å². The fourth-order valence-electron chi connectivity index (χ4n) is 2.36. The third kappa shape index (κ3) is 5.01. The molecule has 1 aromatic rings. The number of ketones is 1. The highest BCUT2D eigenvalue weighted by Gasteiger charge is 2.11. The molecule has 0 amide bonds. The van der Waals surface area contributed by atoms with Crippen molar-refractivity contribution in [1.82, 2.24) is 9.78 Å². The number of unbranched alkanes of at least 4 members (excludes halogenated alkanes) is 3. The number of aryl methyl sites for hydroxylation is 2. The Hall–Kier alpha value is -1.38. The van der Waals surface area contributed by atoms with Crippen LogP contribution in [-0.4, -0.2) is 15.6 Å². The van der Waals surface area contributed by atoms with Crippen molar-refractivity contribution in [2.24, 2.45) is 7.05 Å². The van der Waals surface area contributed by atoms with E-state index in [1.807, 2.05) is 24.7 Å². The number of carbonyl (C=O) groups excluding carboxylic acids is 1. The average Bonchev–Trinajstić information content (AvgIpc) is 2.61. The normalized spacial score (nSPS) is 10.7. The Morgan fingerprint density at radius 1 is 1.26 bits per heavy atom. The maximum atomic E-state index is 11.8. The van der Waals surface area contributed by atoms with E-state index in [4.69, 9.17) is 0 Å². The molecule has 1 aromatic heterocycles. The SMILES string of the molecule is C=CCCCCCC(=O)CCc1c(C)nn(C)c1C. The van der Waals surface area contributed by atoms with Gasteiger partial charge in [-0.2, -0.15) is 5.10 Å². The van der Waals surface area contributed by atoms with Crippen LogP contribution >= 0.6 is 0 Å². The molecule has 0 aliphatic rings. The van der Waals surface area contributed by atoms with Crippen molar-refractivity contribution in [2.75, 3.05) is 0 Å². The first-order chi connectivity index (χ1) is 9.06. The van der Waals surface area contributed by atoms with Gasteiger partial charge in [0, 0.05) is 25.6 Å². The molecule has 0 aliphatic heterocycles. The number of hydrogen-bond acceptors (Lipinski definition) is 2. The summed E-state index contributed by atoms with van der Waals surface area (Å²) in [5, 5.41) is 4.38. The Bertz CT molecular complexity index is 432. The summed E-state index contributed by atoms with van der Waals surface area (Å²) >= 11 is 0. The first-order valence-electron chi connectivity index (χ1n) is 7.18. The number of hydrogen-bond donors (Lipinski definition) is 0. The predicted octanol–water partition coefficient (Wildman–Crippen LogP) is 3.68. The molecule has 0 saturated carbocycles. The van der Waals surface area contributed by atoms with Crippen LogP contribution in [0.3, 0.4) is 0 Å². The maximum absolute atomic E-state index is 11.8. The second-order valence-electron chi connectivity index (χ2n) is 5.20. The number of aromatic nitrogens is 2. The Morgan fingerprint density at radius 2 is 2.00 bits per heavy atom. The highest BCUT2D eigenvalue weighted by molar-refractivity contribution is 5.78. The molecule has 0 unspecified atom stereocenters. The minimum Gasteiger partial charge on any atom is -0.300 e. The van der Waals surface area contributed by atoms with Gasteiger partial charge in [0.25, 0.3) is 0 Å². The lowest BCUT2D eigenvalue weighted by molar-refractivity contribution is -0.119. The zero-order chi connectivity index (χ0) is 14.3. The first-order valence-corrected chi connectivity index (χ1v) is 7.18. The van der Waals surface area contributed by atoms with E-state index in [2.05, 4.69) is 18.6 Å². The number of rotatable bonds is 9. The molecule has 19 heavy (non-hydrogen) atoms. The zero-order valence-electron chi connectivity index (χ0n) is 12.5. The maximum Gasteiger partial charge on any atom is 0.133 e. The monoisotopic (exact) mass is 262 g/mol. The van der Waals surface area contributed by atoms with Gasteiger partial charge in [0.05, 0.1) is 5.69 Å². The summed E-state index contributed by atoms with van der Waals surface area (Å²) in [6, 6.07) is 0. The molecule has 1 rings (SSSR count). The van der Waals surface area contributed by atoms with Crippen molar-refractivity contribution in [2.45, 2.75) is 58.8 Å². The van der Waals surface area contributed by atoms with Gasteiger partial charge in [-0.05, 0) is 45.1 Å². The van der Waals surface area contributed by atoms with Gasteiger partial charge < -0.3 is 0 Å². The van der Waals surface area contributed by atoms with E-state index in [1.165, 1.54) is 11.3 Å². The largest absolute Gasteiger partial charge is 0.300 e. The van der Waals surface area contributed by atoms with E-state index < -0.39 is 0 Å². The topological polar surface area (TPSA) is 34.9 Å². The molecule has 0 N–H and O–H groups in total. The predicted molar refractivity (Wildman–Crippen MR) is 79.3 cm³/mol. The van der Waals surface area contributed by atoms with Gasteiger partial charge in [-0.1, -0.05) is 12.5 Å². The van der Waals surface area contributed by atoms with Crippen LogP contribution in [0.1, 0.15) is 55.5 Å². The zero-order valence-corrected chi connectivity index (χ0v) is 12.5. The van der Waals surface area contributed by atoms with Crippen molar-refractivity contribution in [3.05, 3.63) is 29.6 Å². The van der Waals surface area contributed by atoms with Crippen molar-refractivity contribution in [3.63, 3.8) is 0 Å². The number of Topliss-reactive ketones (excluding diaryl/α,β-unsaturated/α-hetero) is 1. The third-order valence-corrected chi connectivity index (χ3v) is 3.68. The van der Waals surface area contributed by atoms with E-state index in [9.17, 15) is 4.79 Å². The van der Waals surface area contributed by atoms with Crippen LogP contribution in [-0.2, 0) is 18.3 Å². The second kappa shape index (κ2) is 7.93. The van der Waals surface area contributed by atoms with Gasteiger partial charge in [-0.25, -0.2) is 0 Å². The Kier molecular flexibility index (Phi) is 6.54. The van der Waals surface area contributed by atoms with Crippen molar-refractivity contribution >= 4 is 5.78 Å². The molecule has 0 saturated heterocycles. The van der Waals surface area contributed by atoms with Crippen LogP contribution in [0.15, 0.2) is 12.7 Å². The van der Waals surface area contributed by atoms with E-state index in [0.29, 0.717) is 12.2 Å². The summed E-state index contributed by atoms with van der Waals surface area (Å²) in [4.78, 5) is 11.8. The second-order valence-corrected chi connectivity index (χ2v) is 5.20. The quantitative estimate of drug-likeness (QED) is 0.502. The van der Waals surface area contributed by atoms with Crippen molar-refractivity contribution < 1.29 is 4.79 Å². The Morgan fingerprint density at radius 3 is 2.58 bits per heavy atom. The van der Waals surface area contributed by atoms with Gasteiger partial charge >= 0.3 is 0 Å².